The molecular weight excluding hydrogens is 426 g/mol. The molecule has 2 unspecified atom stereocenters. The van der Waals surface area contributed by atoms with Crippen molar-refractivity contribution in [3.05, 3.63) is 59.2 Å². The van der Waals surface area contributed by atoms with Crippen molar-refractivity contribution in [1.29, 1.82) is 0 Å². The fraction of sp³-hybridized carbons (Fsp3) is 0.552. The highest BCUT2D eigenvalue weighted by Crippen LogP contribution is 2.45. The van der Waals surface area contributed by atoms with Gasteiger partial charge >= 0.3 is 0 Å². The standard InChI is InChI=1S/C29H39NO4/c1-20-11-12-24(26(31)15-20)29(2,3)30-14-13-22-16-27(32-4)28(33-5)17-23(22)25(30)19-34-18-21-9-7-6-8-10-21/h6-10,16-17,20,24-25H,11-15,18-19H2,1-5H3/t20?,24?,25-/m1/s1. The van der Waals surface area contributed by atoms with Gasteiger partial charge in [0.2, 0.25) is 0 Å². The summed E-state index contributed by atoms with van der Waals surface area (Å²) in [4.78, 5) is 15.7. The van der Waals surface area contributed by atoms with E-state index in [-0.39, 0.29) is 17.5 Å². The van der Waals surface area contributed by atoms with E-state index in [0.29, 0.717) is 31.3 Å². The number of ketones is 1. The number of rotatable bonds is 8. The Bertz CT molecular complexity index is 987. The molecule has 0 bridgehead atoms. The fourth-order valence-corrected chi connectivity index (χ4v) is 5.91. The molecule has 184 valence electrons. The van der Waals surface area contributed by atoms with Crippen LogP contribution in [0.25, 0.3) is 0 Å². The van der Waals surface area contributed by atoms with Crippen molar-refractivity contribution in [2.24, 2.45) is 11.8 Å². The smallest absolute Gasteiger partial charge is 0.161 e. The van der Waals surface area contributed by atoms with Crippen LogP contribution in [0.15, 0.2) is 42.5 Å². The minimum Gasteiger partial charge on any atom is -0.493 e. The van der Waals surface area contributed by atoms with Crippen molar-refractivity contribution >= 4 is 5.78 Å². The van der Waals surface area contributed by atoms with Crippen LogP contribution >= 0.6 is 0 Å². The molecule has 0 spiro atoms. The van der Waals surface area contributed by atoms with Crippen LogP contribution in [-0.4, -0.2) is 43.6 Å². The van der Waals surface area contributed by atoms with Gasteiger partial charge in [-0.2, -0.15) is 0 Å². The van der Waals surface area contributed by atoms with E-state index in [0.717, 1.165) is 42.9 Å². The molecule has 0 radical (unpaired) electrons. The van der Waals surface area contributed by atoms with Gasteiger partial charge in [0.25, 0.3) is 0 Å². The summed E-state index contributed by atoms with van der Waals surface area (Å²) in [5.41, 5.74) is 3.37. The normalized spacial score (nSPS) is 23.4. The van der Waals surface area contributed by atoms with Crippen LogP contribution in [0.4, 0.5) is 0 Å². The molecule has 1 aliphatic carbocycles. The highest BCUT2D eigenvalue weighted by atomic mass is 16.5. The number of Topliss-reactive ketones (excluding diaryl/α,β-unsaturated/α-hetero) is 1. The third-order valence-corrected chi connectivity index (χ3v) is 7.87. The number of fused-ring (bicyclic) bond motifs is 1. The number of methoxy groups -OCH3 is 2. The van der Waals surface area contributed by atoms with Crippen LogP contribution in [0.1, 0.15) is 62.8 Å². The second kappa shape index (κ2) is 10.5. The zero-order valence-corrected chi connectivity index (χ0v) is 21.3. The third-order valence-electron chi connectivity index (χ3n) is 7.87. The Morgan fingerprint density at radius 3 is 2.41 bits per heavy atom. The molecule has 1 aliphatic heterocycles. The van der Waals surface area contributed by atoms with Crippen LogP contribution in [0.2, 0.25) is 0 Å². The van der Waals surface area contributed by atoms with Gasteiger partial charge in [0.1, 0.15) is 5.78 Å². The largest absolute Gasteiger partial charge is 0.493 e. The van der Waals surface area contributed by atoms with Crippen LogP contribution in [-0.2, 0) is 22.6 Å². The van der Waals surface area contributed by atoms with Crippen molar-refractivity contribution in [1.82, 2.24) is 4.90 Å². The lowest BCUT2D eigenvalue weighted by Gasteiger charge is -2.51. The lowest BCUT2D eigenvalue weighted by Crippen LogP contribution is -2.57. The topological polar surface area (TPSA) is 48.0 Å². The average Bonchev–Trinajstić information content (AvgIpc) is 2.83. The van der Waals surface area contributed by atoms with Crippen LogP contribution < -0.4 is 9.47 Å². The molecular formula is C29H39NO4. The monoisotopic (exact) mass is 465 g/mol. The Morgan fingerprint density at radius 2 is 1.74 bits per heavy atom. The fourth-order valence-electron chi connectivity index (χ4n) is 5.91. The zero-order chi connectivity index (χ0) is 24.3. The zero-order valence-electron chi connectivity index (χ0n) is 21.3. The summed E-state index contributed by atoms with van der Waals surface area (Å²) in [7, 11) is 3.36. The molecule has 0 N–H and O–H groups in total. The van der Waals surface area contributed by atoms with Gasteiger partial charge < -0.3 is 14.2 Å². The Hall–Kier alpha value is -2.37. The molecule has 1 fully saturated rings. The molecule has 34 heavy (non-hydrogen) atoms. The SMILES string of the molecule is COc1cc2c(cc1OC)[C@@H](COCc1ccccc1)N(C(C)(C)C1CCC(C)CC1=O)CC2. The minimum atomic E-state index is -0.261. The van der Waals surface area contributed by atoms with E-state index in [1.807, 2.05) is 18.2 Å². The number of benzene rings is 2. The molecule has 0 aromatic heterocycles. The first-order valence-electron chi connectivity index (χ1n) is 12.5. The predicted molar refractivity (Wildman–Crippen MR) is 134 cm³/mol. The first-order valence-corrected chi connectivity index (χ1v) is 12.5. The van der Waals surface area contributed by atoms with Crippen LogP contribution in [0.3, 0.4) is 0 Å². The Kier molecular flexibility index (Phi) is 7.63. The second-order valence-electron chi connectivity index (χ2n) is 10.4. The number of hydrogen-bond donors (Lipinski definition) is 0. The van der Waals surface area contributed by atoms with Gasteiger partial charge in [-0.1, -0.05) is 37.3 Å². The maximum atomic E-state index is 13.1. The maximum absolute atomic E-state index is 13.1. The number of carbonyl (C=O) groups is 1. The van der Waals surface area contributed by atoms with Crippen molar-refractivity contribution < 1.29 is 19.0 Å². The molecule has 0 amide bonds. The molecule has 4 rings (SSSR count). The van der Waals surface area contributed by atoms with Gasteiger partial charge in [-0.05, 0) is 67.9 Å². The van der Waals surface area contributed by atoms with E-state index in [4.69, 9.17) is 14.2 Å². The van der Waals surface area contributed by atoms with Gasteiger partial charge in [-0.15, -0.1) is 0 Å². The van der Waals surface area contributed by atoms with Crippen molar-refractivity contribution in [3.8, 4) is 11.5 Å². The lowest BCUT2D eigenvalue weighted by atomic mass is 9.71. The van der Waals surface area contributed by atoms with Gasteiger partial charge in [0.15, 0.2) is 11.5 Å². The molecule has 5 heteroatoms. The minimum absolute atomic E-state index is 0.0365. The Morgan fingerprint density at radius 1 is 1.03 bits per heavy atom. The van der Waals surface area contributed by atoms with E-state index in [9.17, 15) is 4.79 Å². The summed E-state index contributed by atoms with van der Waals surface area (Å²) in [6.45, 7) is 8.70. The van der Waals surface area contributed by atoms with Crippen molar-refractivity contribution in [3.63, 3.8) is 0 Å². The quantitative estimate of drug-likeness (QED) is 0.508. The predicted octanol–water partition coefficient (Wildman–Crippen LogP) is 5.60. The van der Waals surface area contributed by atoms with E-state index < -0.39 is 0 Å². The van der Waals surface area contributed by atoms with E-state index in [1.165, 1.54) is 11.1 Å². The average molecular weight is 466 g/mol. The Balaban J connectivity index is 1.65. The summed E-state index contributed by atoms with van der Waals surface area (Å²) in [6.07, 6.45) is 3.68. The molecule has 2 aromatic carbocycles. The number of nitrogens with zero attached hydrogens (tertiary/aromatic N) is 1. The highest BCUT2D eigenvalue weighted by Gasteiger charge is 2.46. The number of hydrogen-bond acceptors (Lipinski definition) is 5. The van der Waals surface area contributed by atoms with Gasteiger partial charge in [0.05, 0.1) is 33.5 Å². The number of ether oxygens (including phenoxy) is 3. The van der Waals surface area contributed by atoms with Gasteiger partial charge in [-0.25, -0.2) is 0 Å². The van der Waals surface area contributed by atoms with Crippen molar-refractivity contribution in [2.75, 3.05) is 27.4 Å². The van der Waals surface area contributed by atoms with Crippen LogP contribution in [0.5, 0.6) is 11.5 Å². The first-order chi connectivity index (χ1) is 16.3. The van der Waals surface area contributed by atoms with Crippen molar-refractivity contribution in [2.45, 2.75) is 64.6 Å². The Labute approximate surface area is 204 Å². The van der Waals surface area contributed by atoms with E-state index >= 15 is 0 Å². The van der Waals surface area contributed by atoms with Gasteiger partial charge in [-0.3, -0.25) is 9.69 Å². The third kappa shape index (κ3) is 5.01. The van der Waals surface area contributed by atoms with Crippen LogP contribution in [0, 0.1) is 11.8 Å². The molecule has 0 saturated heterocycles. The molecule has 5 nitrogen and oxygen atoms in total. The molecule has 2 aliphatic rings. The summed E-state index contributed by atoms with van der Waals surface area (Å²) in [5, 5.41) is 0. The molecule has 1 heterocycles. The first kappa shape index (κ1) is 24.7. The molecule has 2 aromatic rings. The van der Waals surface area contributed by atoms with Gasteiger partial charge in [0, 0.05) is 24.4 Å². The molecule has 1 saturated carbocycles. The maximum Gasteiger partial charge on any atom is 0.161 e. The molecule has 3 atom stereocenters. The summed E-state index contributed by atoms with van der Waals surface area (Å²) >= 11 is 0. The van der Waals surface area contributed by atoms with E-state index in [2.05, 4.69) is 49.9 Å². The number of carbonyl (C=O) groups excluding carboxylic acids is 1. The second-order valence-corrected chi connectivity index (χ2v) is 10.4. The summed E-state index contributed by atoms with van der Waals surface area (Å²) in [5.74, 6) is 2.43. The summed E-state index contributed by atoms with van der Waals surface area (Å²) < 4.78 is 17.5. The van der Waals surface area contributed by atoms with E-state index in [1.54, 1.807) is 14.2 Å². The summed E-state index contributed by atoms with van der Waals surface area (Å²) in [6, 6.07) is 14.5. The highest BCUT2D eigenvalue weighted by molar-refractivity contribution is 5.83. The lowest BCUT2D eigenvalue weighted by molar-refractivity contribution is -0.133.